The number of nitrogens with zero attached hydrogens (tertiary/aromatic N) is 5. The molecule has 0 spiro atoms. The molecular formula is C22H21N5. The van der Waals surface area contributed by atoms with E-state index in [-0.39, 0.29) is 0 Å². The Morgan fingerprint density at radius 2 is 1.48 bits per heavy atom. The van der Waals surface area contributed by atoms with Gasteiger partial charge in [-0.3, -0.25) is 4.90 Å². The summed E-state index contributed by atoms with van der Waals surface area (Å²) in [5.41, 5.74) is 3.92. The SMILES string of the molecule is C=CCN(CC=C)Cc1cnnn1-c1c2ccccc2nc2ccccc12. The molecule has 5 nitrogen and oxygen atoms in total. The highest BCUT2D eigenvalue weighted by Gasteiger charge is 2.16. The monoisotopic (exact) mass is 355 g/mol. The Morgan fingerprint density at radius 1 is 0.889 bits per heavy atom. The summed E-state index contributed by atoms with van der Waals surface area (Å²) >= 11 is 0. The summed E-state index contributed by atoms with van der Waals surface area (Å²) in [6, 6.07) is 16.3. The fraction of sp³-hybridized carbons (Fsp3) is 0.136. The minimum Gasteiger partial charge on any atom is -0.290 e. The Balaban J connectivity index is 1.91. The van der Waals surface area contributed by atoms with E-state index in [1.54, 1.807) is 0 Å². The van der Waals surface area contributed by atoms with Crippen molar-refractivity contribution in [2.75, 3.05) is 13.1 Å². The van der Waals surface area contributed by atoms with Crippen molar-refractivity contribution in [2.24, 2.45) is 0 Å². The second-order valence-corrected chi connectivity index (χ2v) is 6.40. The highest BCUT2D eigenvalue weighted by atomic mass is 15.4. The van der Waals surface area contributed by atoms with E-state index in [1.807, 2.05) is 59.4 Å². The summed E-state index contributed by atoms with van der Waals surface area (Å²) in [6.45, 7) is 9.95. The van der Waals surface area contributed by atoms with Crippen molar-refractivity contribution in [3.63, 3.8) is 0 Å². The zero-order valence-corrected chi connectivity index (χ0v) is 15.1. The highest BCUT2D eigenvalue weighted by molar-refractivity contribution is 6.03. The van der Waals surface area contributed by atoms with E-state index in [1.165, 1.54) is 0 Å². The summed E-state index contributed by atoms with van der Waals surface area (Å²) in [4.78, 5) is 7.04. The lowest BCUT2D eigenvalue weighted by Crippen LogP contribution is -2.24. The van der Waals surface area contributed by atoms with Crippen LogP contribution in [0.1, 0.15) is 5.69 Å². The van der Waals surface area contributed by atoms with E-state index < -0.39 is 0 Å². The lowest BCUT2D eigenvalue weighted by molar-refractivity contribution is 0.320. The highest BCUT2D eigenvalue weighted by Crippen LogP contribution is 2.29. The molecule has 0 atom stereocenters. The van der Waals surface area contributed by atoms with Gasteiger partial charge in [0.15, 0.2) is 0 Å². The average Bonchev–Trinajstić information content (AvgIpc) is 3.14. The largest absolute Gasteiger partial charge is 0.290 e. The summed E-state index contributed by atoms with van der Waals surface area (Å²) in [7, 11) is 0. The Morgan fingerprint density at radius 3 is 2.07 bits per heavy atom. The van der Waals surface area contributed by atoms with Crippen LogP contribution in [-0.2, 0) is 6.54 Å². The molecule has 2 aromatic heterocycles. The van der Waals surface area contributed by atoms with Crippen molar-refractivity contribution in [1.82, 2.24) is 24.9 Å². The van der Waals surface area contributed by atoms with Crippen molar-refractivity contribution < 1.29 is 0 Å². The van der Waals surface area contributed by atoms with Crippen LogP contribution in [0.4, 0.5) is 0 Å². The molecule has 0 N–H and O–H groups in total. The van der Waals surface area contributed by atoms with Crippen LogP contribution in [0, 0.1) is 0 Å². The molecule has 0 unspecified atom stereocenters. The van der Waals surface area contributed by atoms with Gasteiger partial charge in [0.25, 0.3) is 0 Å². The minimum absolute atomic E-state index is 0.704. The average molecular weight is 355 g/mol. The molecule has 5 heteroatoms. The van der Waals surface area contributed by atoms with Crippen molar-refractivity contribution in [1.29, 1.82) is 0 Å². The first kappa shape index (κ1) is 17.1. The Bertz CT molecular complexity index is 1050. The number of hydrogen-bond donors (Lipinski definition) is 0. The van der Waals surface area contributed by atoms with Crippen LogP contribution in [-0.4, -0.2) is 38.0 Å². The normalized spacial score (nSPS) is 11.3. The molecule has 0 bridgehead atoms. The molecule has 0 saturated carbocycles. The van der Waals surface area contributed by atoms with Crippen LogP contribution in [0.2, 0.25) is 0 Å². The van der Waals surface area contributed by atoms with Crippen molar-refractivity contribution in [3.05, 3.63) is 85.7 Å². The van der Waals surface area contributed by atoms with Gasteiger partial charge in [0.05, 0.1) is 28.6 Å². The van der Waals surface area contributed by atoms with Crippen LogP contribution in [0.25, 0.3) is 27.5 Å². The second kappa shape index (κ2) is 7.51. The number of fused-ring (bicyclic) bond motifs is 2. The first-order valence-electron chi connectivity index (χ1n) is 8.93. The molecule has 0 aliphatic heterocycles. The van der Waals surface area contributed by atoms with Crippen molar-refractivity contribution >= 4 is 21.8 Å². The van der Waals surface area contributed by atoms with Crippen molar-refractivity contribution in [2.45, 2.75) is 6.54 Å². The molecule has 4 rings (SSSR count). The summed E-state index contributed by atoms with van der Waals surface area (Å²) < 4.78 is 1.94. The van der Waals surface area contributed by atoms with E-state index in [4.69, 9.17) is 4.98 Å². The van der Waals surface area contributed by atoms with Gasteiger partial charge in [-0.05, 0) is 12.1 Å². The zero-order chi connectivity index (χ0) is 18.6. The first-order valence-corrected chi connectivity index (χ1v) is 8.93. The Hall–Kier alpha value is -3.31. The molecule has 0 aliphatic rings. The van der Waals surface area contributed by atoms with Gasteiger partial charge in [-0.2, -0.15) is 0 Å². The van der Waals surface area contributed by atoms with Crippen molar-refractivity contribution in [3.8, 4) is 5.69 Å². The smallest absolute Gasteiger partial charge is 0.0855 e. The summed E-state index contributed by atoms with van der Waals surface area (Å²) in [6.07, 6.45) is 5.62. The molecule has 0 fully saturated rings. The third-order valence-corrected chi connectivity index (χ3v) is 4.55. The Labute approximate surface area is 158 Å². The maximum Gasteiger partial charge on any atom is 0.0855 e. The van der Waals surface area contributed by atoms with Gasteiger partial charge in [-0.25, -0.2) is 9.67 Å². The van der Waals surface area contributed by atoms with Gasteiger partial charge in [-0.15, -0.1) is 18.3 Å². The quantitative estimate of drug-likeness (QED) is 0.369. The number of pyridine rings is 1. The lowest BCUT2D eigenvalue weighted by Gasteiger charge is -2.19. The molecule has 0 aliphatic carbocycles. The van der Waals surface area contributed by atoms with Crippen LogP contribution >= 0.6 is 0 Å². The van der Waals surface area contributed by atoms with Crippen LogP contribution < -0.4 is 0 Å². The van der Waals surface area contributed by atoms with Gasteiger partial charge < -0.3 is 0 Å². The fourth-order valence-corrected chi connectivity index (χ4v) is 3.40. The number of para-hydroxylation sites is 2. The maximum atomic E-state index is 4.80. The van der Waals surface area contributed by atoms with E-state index >= 15 is 0 Å². The molecule has 2 aromatic carbocycles. The molecule has 0 radical (unpaired) electrons. The Kier molecular flexibility index (Phi) is 4.77. The molecule has 27 heavy (non-hydrogen) atoms. The topological polar surface area (TPSA) is 46.8 Å². The van der Waals surface area contributed by atoms with Gasteiger partial charge in [0.2, 0.25) is 0 Å². The molecule has 2 heterocycles. The van der Waals surface area contributed by atoms with Gasteiger partial charge in [0.1, 0.15) is 0 Å². The van der Waals surface area contributed by atoms with Crippen LogP contribution in [0.3, 0.4) is 0 Å². The predicted octanol–water partition coefficient (Wildman–Crippen LogP) is 4.14. The van der Waals surface area contributed by atoms with Gasteiger partial charge >= 0.3 is 0 Å². The summed E-state index contributed by atoms with van der Waals surface area (Å²) in [5, 5.41) is 10.7. The van der Waals surface area contributed by atoms with E-state index in [0.29, 0.717) is 6.54 Å². The summed E-state index contributed by atoms with van der Waals surface area (Å²) in [5.74, 6) is 0. The molecule has 0 saturated heterocycles. The molecule has 134 valence electrons. The van der Waals surface area contributed by atoms with E-state index in [0.717, 1.165) is 46.3 Å². The van der Waals surface area contributed by atoms with Gasteiger partial charge in [0, 0.05) is 30.4 Å². The molecule has 4 aromatic rings. The van der Waals surface area contributed by atoms with Crippen LogP contribution in [0.15, 0.2) is 80.0 Å². The maximum absolute atomic E-state index is 4.80. The van der Waals surface area contributed by atoms with E-state index in [9.17, 15) is 0 Å². The fourth-order valence-electron chi connectivity index (χ4n) is 3.40. The minimum atomic E-state index is 0.704. The first-order chi connectivity index (χ1) is 13.3. The molecular weight excluding hydrogens is 334 g/mol. The number of benzene rings is 2. The third kappa shape index (κ3) is 3.25. The standard InChI is InChI=1S/C22H21N5/c1-3-13-26(14-4-2)16-17-15-23-25-27(17)22-18-9-5-7-11-20(18)24-21-12-8-6-10-19(21)22/h3-12,15H,1-2,13-14,16H2. The number of rotatable bonds is 7. The van der Waals surface area contributed by atoms with Gasteiger partial charge in [-0.1, -0.05) is 53.8 Å². The second-order valence-electron chi connectivity index (χ2n) is 6.40. The predicted molar refractivity (Wildman–Crippen MR) is 110 cm³/mol. The van der Waals surface area contributed by atoms with Crippen LogP contribution in [0.5, 0.6) is 0 Å². The van der Waals surface area contributed by atoms with E-state index in [2.05, 4.69) is 40.5 Å². The molecule has 0 amide bonds. The zero-order valence-electron chi connectivity index (χ0n) is 15.1. The lowest BCUT2D eigenvalue weighted by atomic mass is 10.1. The number of aromatic nitrogens is 4. The number of hydrogen-bond acceptors (Lipinski definition) is 4. The third-order valence-electron chi connectivity index (χ3n) is 4.55.